The van der Waals surface area contributed by atoms with E-state index in [1.54, 1.807) is 0 Å². The molecule has 14 heavy (non-hydrogen) atoms. The number of rotatable bonds is 6. The van der Waals surface area contributed by atoms with Gasteiger partial charge in [0.1, 0.15) is 5.82 Å². The predicted molar refractivity (Wildman–Crippen MR) is 60.2 cm³/mol. The van der Waals surface area contributed by atoms with Crippen LogP contribution in [0, 0.1) is 0 Å². The van der Waals surface area contributed by atoms with Gasteiger partial charge in [-0.1, -0.05) is 0 Å². The third-order valence-electron chi connectivity index (χ3n) is 2.20. The van der Waals surface area contributed by atoms with Crippen molar-refractivity contribution in [3.8, 4) is 0 Å². The van der Waals surface area contributed by atoms with Crippen LogP contribution < -0.4 is 5.73 Å². The summed E-state index contributed by atoms with van der Waals surface area (Å²) < 4.78 is 0. The second-order valence-corrected chi connectivity index (χ2v) is 3.45. The minimum absolute atomic E-state index is 0.0212. The quantitative estimate of drug-likeness (QED) is 0.615. The molecule has 0 aromatic rings. The molecule has 0 amide bonds. The molecule has 0 aliphatic heterocycles. The maximum atomic E-state index is 8.70. The number of aliphatic hydroxyl groups excluding tert-OH is 1. The van der Waals surface area contributed by atoms with E-state index in [-0.39, 0.29) is 12.6 Å². The number of aliphatic hydroxyl groups is 1. The Hall–Kier alpha value is -0.870. The summed E-state index contributed by atoms with van der Waals surface area (Å²) in [7, 11) is 1.92. The van der Waals surface area contributed by atoms with Gasteiger partial charge in [-0.05, 0) is 32.6 Å². The van der Waals surface area contributed by atoms with Gasteiger partial charge < -0.3 is 15.7 Å². The van der Waals surface area contributed by atoms with E-state index in [4.69, 9.17) is 10.8 Å². The van der Waals surface area contributed by atoms with Crippen LogP contribution in [-0.4, -0.2) is 43.0 Å². The second-order valence-electron chi connectivity index (χ2n) is 3.45. The van der Waals surface area contributed by atoms with Gasteiger partial charge in [0, 0.05) is 26.2 Å². The van der Waals surface area contributed by atoms with E-state index in [9.17, 15) is 0 Å². The van der Waals surface area contributed by atoms with E-state index in [1.807, 2.05) is 25.8 Å². The molecule has 0 saturated heterocycles. The first-order chi connectivity index (χ1) is 6.54. The molecule has 0 saturated carbocycles. The fourth-order valence-corrected chi connectivity index (χ4v) is 1.16. The normalized spacial score (nSPS) is 14.6. The summed E-state index contributed by atoms with van der Waals surface area (Å²) in [6, 6.07) is -0.0212. The van der Waals surface area contributed by atoms with Gasteiger partial charge in [-0.2, -0.15) is 0 Å². The topological polar surface area (TPSA) is 61.8 Å². The van der Waals surface area contributed by atoms with Crippen LogP contribution in [0.5, 0.6) is 0 Å². The van der Waals surface area contributed by atoms with E-state index in [2.05, 4.69) is 11.7 Å². The second kappa shape index (κ2) is 6.56. The highest BCUT2D eigenvalue weighted by atomic mass is 16.3. The van der Waals surface area contributed by atoms with E-state index < -0.39 is 0 Å². The van der Waals surface area contributed by atoms with Crippen LogP contribution in [-0.2, 0) is 0 Å². The van der Waals surface area contributed by atoms with Gasteiger partial charge in [0.05, 0.1) is 0 Å². The smallest absolute Gasteiger partial charge is 0.127 e. The van der Waals surface area contributed by atoms with Crippen LogP contribution in [0.4, 0.5) is 0 Å². The third-order valence-corrected chi connectivity index (χ3v) is 2.20. The van der Waals surface area contributed by atoms with Gasteiger partial charge in [0.2, 0.25) is 0 Å². The van der Waals surface area contributed by atoms with Gasteiger partial charge in [-0.15, -0.1) is 0 Å². The Morgan fingerprint density at radius 2 is 2.21 bits per heavy atom. The van der Waals surface area contributed by atoms with Crippen molar-refractivity contribution in [1.29, 1.82) is 0 Å². The van der Waals surface area contributed by atoms with Crippen LogP contribution in [0.2, 0.25) is 0 Å². The van der Waals surface area contributed by atoms with Crippen molar-refractivity contribution < 1.29 is 5.11 Å². The maximum absolute atomic E-state index is 8.70. The minimum atomic E-state index is -0.0212. The number of nitrogens with zero attached hydrogens (tertiary/aromatic N) is 2. The lowest BCUT2D eigenvalue weighted by Gasteiger charge is -2.22. The lowest BCUT2D eigenvalue weighted by Crippen LogP contribution is -2.25. The van der Waals surface area contributed by atoms with Crippen molar-refractivity contribution >= 4 is 6.72 Å². The zero-order valence-corrected chi connectivity index (χ0v) is 9.32. The molecule has 0 aromatic carbocycles. The van der Waals surface area contributed by atoms with E-state index in [1.165, 1.54) is 0 Å². The molecule has 0 aromatic heterocycles. The highest BCUT2D eigenvalue weighted by molar-refractivity contribution is 5.31. The van der Waals surface area contributed by atoms with Crippen molar-refractivity contribution in [2.24, 2.45) is 10.7 Å². The van der Waals surface area contributed by atoms with E-state index >= 15 is 0 Å². The SMILES string of the molecule is C=N/C(=C(/C)C(C)N)N(C)CCCO. The van der Waals surface area contributed by atoms with Gasteiger partial charge in [-0.3, -0.25) is 0 Å². The molecule has 0 rings (SSSR count). The molecule has 1 atom stereocenters. The van der Waals surface area contributed by atoms with Crippen molar-refractivity contribution in [3.05, 3.63) is 11.4 Å². The average Bonchev–Trinajstić information content (AvgIpc) is 2.15. The monoisotopic (exact) mass is 199 g/mol. The third kappa shape index (κ3) is 3.89. The number of hydrogen-bond acceptors (Lipinski definition) is 4. The van der Waals surface area contributed by atoms with Crippen LogP contribution in [0.15, 0.2) is 16.4 Å². The Morgan fingerprint density at radius 3 is 2.57 bits per heavy atom. The first-order valence-electron chi connectivity index (χ1n) is 4.79. The average molecular weight is 199 g/mol. The zero-order valence-electron chi connectivity index (χ0n) is 9.32. The lowest BCUT2D eigenvalue weighted by atomic mass is 10.1. The number of aliphatic imine (C=N–C) groups is 1. The summed E-state index contributed by atoms with van der Waals surface area (Å²) in [4.78, 5) is 5.92. The molecule has 1 unspecified atom stereocenters. The lowest BCUT2D eigenvalue weighted by molar-refractivity contribution is 0.263. The summed E-state index contributed by atoms with van der Waals surface area (Å²) in [5.41, 5.74) is 6.77. The molecule has 0 aliphatic carbocycles. The van der Waals surface area contributed by atoms with Gasteiger partial charge >= 0.3 is 0 Å². The van der Waals surface area contributed by atoms with E-state index in [0.29, 0.717) is 0 Å². The molecule has 0 heterocycles. The molecule has 4 heteroatoms. The molecule has 0 radical (unpaired) electrons. The van der Waals surface area contributed by atoms with Gasteiger partial charge in [0.25, 0.3) is 0 Å². The summed E-state index contributed by atoms with van der Waals surface area (Å²) >= 11 is 0. The van der Waals surface area contributed by atoms with Crippen molar-refractivity contribution in [2.45, 2.75) is 26.3 Å². The largest absolute Gasteiger partial charge is 0.396 e. The Morgan fingerprint density at radius 1 is 1.64 bits per heavy atom. The number of nitrogens with two attached hydrogens (primary N) is 1. The zero-order chi connectivity index (χ0) is 11.1. The Kier molecular flexibility index (Phi) is 6.16. The van der Waals surface area contributed by atoms with Gasteiger partial charge in [-0.25, -0.2) is 4.99 Å². The number of hydrogen-bond donors (Lipinski definition) is 2. The molecule has 0 spiro atoms. The Balaban J connectivity index is 4.53. The van der Waals surface area contributed by atoms with E-state index in [0.717, 1.165) is 24.4 Å². The molecule has 0 bridgehead atoms. The maximum Gasteiger partial charge on any atom is 0.127 e. The molecule has 3 N–H and O–H groups in total. The molecule has 0 aliphatic rings. The fraction of sp³-hybridized carbons (Fsp3) is 0.700. The predicted octanol–water partition coefficient (Wildman–Crippen LogP) is 0.580. The van der Waals surface area contributed by atoms with Crippen LogP contribution in [0.25, 0.3) is 0 Å². The molecule has 4 nitrogen and oxygen atoms in total. The van der Waals surface area contributed by atoms with Crippen LogP contribution in [0.3, 0.4) is 0 Å². The van der Waals surface area contributed by atoms with Crippen molar-refractivity contribution in [2.75, 3.05) is 20.2 Å². The summed E-state index contributed by atoms with van der Waals surface area (Å²) in [5.74, 6) is 0.813. The first kappa shape index (κ1) is 13.1. The fourth-order valence-electron chi connectivity index (χ4n) is 1.16. The van der Waals surface area contributed by atoms with Crippen molar-refractivity contribution in [1.82, 2.24) is 4.90 Å². The standard InChI is InChI=1S/C10H21N3O/c1-8(9(2)11)10(12-3)13(4)6-5-7-14/h9,14H,3,5-7,11H2,1-2,4H3/b10-8+. The molecular formula is C10H21N3O. The summed E-state index contributed by atoms with van der Waals surface area (Å²) in [6.45, 7) is 8.34. The van der Waals surface area contributed by atoms with Crippen LogP contribution in [0.1, 0.15) is 20.3 Å². The first-order valence-corrected chi connectivity index (χ1v) is 4.79. The van der Waals surface area contributed by atoms with Crippen molar-refractivity contribution in [3.63, 3.8) is 0 Å². The van der Waals surface area contributed by atoms with Crippen LogP contribution >= 0.6 is 0 Å². The highest BCUT2D eigenvalue weighted by Crippen LogP contribution is 2.12. The Labute approximate surface area is 86.1 Å². The summed E-state index contributed by atoms with van der Waals surface area (Å²) in [5, 5.41) is 8.70. The highest BCUT2D eigenvalue weighted by Gasteiger charge is 2.09. The molecule has 0 fully saturated rings. The molecule has 82 valence electrons. The Bertz CT molecular complexity index is 211. The summed E-state index contributed by atoms with van der Waals surface area (Å²) in [6.07, 6.45) is 0.724. The minimum Gasteiger partial charge on any atom is -0.396 e. The molecular weight excluding hydrogens is 178 g/mol. The van der Waals surface area contributed by atoms with Gasteiger partial charge in [0.15, 0.2) is 0 Å².